The summed E-state index contributed by atoms with van der Waals surface area (Å²) in [4.78, 5) is 10.8. The monoisotopic (exact) mass is 204 g/mol. The smallest absolute Gasteiger partial charge is 0.317 e. The van der Waals surface area contributed by atoms with Crippen molar-refractivity contribution in [1.82, 2.24) is 0 Å². The highest BCUT2D eigenvalue weighted by Crippen LogP contribution is 2.18. The fourth-order valence-corrected chi connectivity index (χ4v) is 1.04. The predicted molar refractivity (Wildman–Crippen MR) is 56.4 cm³/mol. The molecule has 0 aliphatic carbocycles. The minimum atomic E-state index is -0.361. The molecule has 0 heterocycles. The third-order valence-electron chi connectivity index (χ3n) is 1.99. The van der Waals surface area contributed by atoms with Gasteiger partial charge in [-0.1, -0.05) is 17.9 Å². The van der Waals surface area contributed by atoms with Crippen LogP contribution in [0.3, 0.4) is 0 Å². The lowest BCUT2D eigenvalue weighted by atomic mass is 10.1. The van der Waals surface area contributed by atoms with Gasteiger partial charge < -0.3 is 9.84 Å². The van der Waals surface area contributed by atoms with E-state index in [1.54, 1.807) is 25.1 Å². The fraction of sp³-hybridized carbons (Fsp3) is 0.250. The molecule has 1 rings (SSSR count). The van der Waals surface area contributed by atoms with E-state index in [2.05, 4.69) is 16.6 Å². The molecule has 0 saturated heterocycles. The molecule has 15 heavy (non-hydrogen) atoms. The van der Waals surface area contributed by atoms with Crippen molar-refractivity contribution in [2.24, 2.45) is 0 Å². The zero-order valence-electron chi connectivity index (χ0n) is 8.70. The van der Waals surface area contributed by atoms with Gasteiger partial charge in [-0.25, -0.2) is 0 Å². The molecule has 3 heteroatoms. The lowest BCUT2D eigenvalue weighted by Gasteiger charge is -1.99. The van der Waals surface area contributed by atoms with Crippen molar-refractivity contribution in [2.45, 2.75) is 13.3 Å². The summed E-state index contributed by atoms with van der Waals surface area (Å²) in [5.74, 6) is 5.34. The van der Waals surface area contributed by atoms with Crippen LogP contribution in [0.15, 0.2) is 18.2 Å². The zero-order valence-corrected chi connectivity index (χ0v) is 8.70. The Kier molecular flexibility index (Phi) is 3.75. The van der Waals surface area contributed by atoms with Gasteiger partial charge in [0.05, 0.1) is 7.11 Å². The van der Waals surface area contributed by atoms with Gasteiger partial charge in [0.15, 0.2) is 0 Å². The molecule has 0 bridgehead atoms. The number of carbonyl (C=O) groups is 1. The van der Waals surface area contributed by atoms with Crippen LogP contribution >= 0.6 is 0 Å². The first-order valence-electron chi connectivity index (χ1n) is 4.49. The van der Waals surface area contributed by atoms with Crippen LogP contribution in [0.25, 0.3) is 0 Å². The van der Waals surface area contributed by atoms with Crippen LogP contribution in [0.2, 0.25) is 0 Å². The molecule has 0 unspecified atom stereocenters. The third kappa shape index (κ3) is 3.03. The number of phenols is 1. The summed E-state index contributed by atoms with van der Waals surface area (Å²) in [6.45, 7) is 1.78. The van der Waals surface area contributed by atoms with Crippen LogP contribution in [0.1, 0.15) is 17.5 Å². The summed E-state index contributed by atoms with van der Waals surface area (Å²) in [5.41, 5.74) is 1.44. The van der Waals surface area contributed by atoms with Crippen molar-refractivity contribution in [3.8, 4) is 17.6 Å². The number of benzene rings is 1. The normalized spacial score (nSPS) is 8.93. The summed E-state index contributed by atoms with van der Waals surface area (Å²) < 4.78 is 4.45. The molecule has 0 atom stereocenters. The zero-order chi connectivity index (χ0) is 11.3. The van der Waals surface area contributed by atoms with E-state index in [4.69, 9.17) is 0 Å². The largest absolute Gasteiger partial charge is 0.508 e. The fourth-order valence-electron chi connectivity index (χ4n) is 1.04. The molecule has 0 aromatic heterocycles. The van der Waals surface area contributed by atoms with Gasteiger partial charge >= 0.3 is 5.97 Å². The van der Waals surface area contributed by atoms with Gasteiger partial charge in [0.2, 0.25) is 0 Å². The summed E-state index contributed by atoms with van der Waals surface area (Å²) in [6.07, 6.45) is 0.0611. The first-order chi connectivity index (χ1) is 7.15. The third-order valence-corrected chi connectivity index (χ3v) is 1.99. The van der Waals surface area contributed by atoms with Crippen LogP contribution in [-0.4, -0.2) is 18.2 Å². The lowest BCUT2D eigenvalue weighted by molar-refractivity contribution is -0.139. The Balaban J connectivity index is 2.80. The number of hydrogen-bond acceptors (Lipinski definition) is 3. The Bertz CT molecular complexity index is 424. The molecule has 0 aliphatic rings. The van der Waals surface area contributed by atoms with E-state index in [0.29, 0.717) is 0 Å². The van der Waals surface area contributed by atoms with Gasteiger partial charge in [0.1, 0.15) is 12.2 Å². The van der Waals surface area contributed by atoms with Gasteiger partial charge in [-0.2, -0.15) is 0 Å². The second-order valence-corrected chi connectivity index (χ2v) is 3.00. The van der Waals surface area contributed by atoms with Crippen LogP contribution in [-0.2, 0) is 9.53 Å². The van der Waals surface area contributed by atoms with Crippen LogP contribution in [0, 0.1) is 18.8 Å². The molecular weight excluding hydrogens is 192 g/mol. The number of ether oxygens (including phenoxy) is 1. The average molecular weight is 204 g/mol. The summed E-state index contributed by atoms with van der Waals surface area (Å²) in [7, 11) is 1.32. The van der Waals surface area contributed by atoms with E-state index in [0.717, 1.165) is 11.1 Å². The van der Waals surface area contributed by atoms with Crippen molar-refractivity contribution >= 4 is 5.97 Å². The summed E-state index contributed by atoms with van der Waals surface area (Å²) in [5, 5.41) is 9.40. The van der Waals surface area contributed by atoms with Crippen molar-refractivity contribution < 1.29 is 14.6 Å². The molecule has 0 aliphatic heterocycles. The number of carbonyl (C=O) groups excluding carboxylic acids is 1. The Morgan fingerprint density at radius 1 is 1.53 bits per heavy atom. The van der Waals surface area contributed by atoms with Crippen molar-refractivity contribution in [3.63, 3.8) is 0 Å². The highest BCUT2D eigenvalue weighted by atomic mass is 16.5. The molecule has 78 valence electrons. The van der Waals surface area contributed by atoms with E-state index in [-0.39, 0.29) is 18.1 Å². The minimum Gasteiger partial charge on any atom is -0.508 e. The van der Waals surface area contributed by atoms with E-state index < -0.39 is 0 Å². The Hall–Kier alpha value is -1.95. The van der Waals surface area contributed by atoms with Gasteiger partial charge in [0.25, 0.3) is 0 Å². The minimum absolute atomic E-state index is 0.0611. The van der Waals surface area contributed by atoms with Gasteiger partial charge in [0, 0.05) is 11.1 Å². The topological polar surface area (TPSA) is 46.5 Å². The number of rotatable bonds is 1. The predicted octanol–water partition coefficient (Wildman–Crippen LogP) is 1.62. The number of aromatic hydroxyl groups is 1. The number of phenolic OH excluding ortho intramolecular Hbond substituents is 1. The van der Waals surface area contributed by atoms with E-state index in [1.165, 1.54) is 7.11 Å². The molecule has 0 spiro atoms. The van der Waals surface area contributed by atoms with Gasteiger partial charge in [-0.3, -0.25) is 4.79 Å². The number of methoxy groups -OCH3 is 1. The summed E-state index contributed by atoms with van der Waals surface area (Å²) in [6, 6.07) is 5.10. The van der Waals surface area contributed by atoms with E-state index in [1.807, 2.05) is 0 Å². The second kappa shape index (κ2) is 5.06. The number of hydrogen-bond donors (Lipinski definition) is 1. The molecule has 0 amide bonds. The molecular formula is C12H12O3. The van der Waals surface area contributed by atoms with Crippen molar-refractivity contribution in [3.05, 3.63) is 29.3 Å². The Morgan fingerprint density at radius 2 is 2.27 bits per heavy atom. The molecule has 0 fully saturated rings. The van der Waals surface area contributed by atoms with E-state index in [9.17, 15) is 9.90 Å². The standard InChI is InChI=1S/C12H12O3/c1-9-10(5-3-7-11(9)13)6-4-8-12(14)15-2/h3,5,7,13H,8H2,1-2H3. The highest BCUT2D eigenvalue weighted by molar-refractivity contribution is 5.72. The van der Waals surface area contributed by atoms with Crippen molar-refractivity contribution in [2.75, 3.05) is 7.11 Å². The van der Waals surface area contributed by atoms with Crippen molar-refractivity contribution in [1.29, 1.82) is 0 Å². The molecule has 0 saturated carbocycles. The first-order valence-corrected chi connectivity index (χ1v) is 4.49. The first kappa shape index (κ1) is 11.1. The molecule has 0 radical (unpaired) electrons. The SMILES string of the molecule is COC(=O)CC#Cc1cccc(O)c1C. The second-order valence-electron chi connectivity index (χ2n) is 3.00. The molecule has 1 aromatic rings. The molecule has 1 aromatic carbocycles. The highest BCUT2D eigenvalue weighted by Gasteiger charge is 1.99. The number of esters is 1. The van der Waals surface area contributed by atoms with Crippen LogP contribution < -0.4 is 0 Å². The van der Waals surface area contributed by atoms with Gasteiger partial charge in [-0.05, 0) is 19.1 Å². The van der Waals surface area contributed by atoms with Gasteiger partial charge in [-0.15, -0.1) is 0 Å². The summed E-state index contributed by atoms with van der Waals surface area (Å²) >= 11 is 0. The molecule has 1 N–H and O–H groups in total. The maximum atomic E-state index is 10.8. The van der Waals surface area contributed by atoms with E-state index >= 15 is 0 Å². The Labute approximate surface area is 88.7 Å². The van der Waals surface area contributed by atoms with Crippen LogP contribution in [0.5, 0.6) is 5.75 Å². The maximum absolute atomic E-state index is 10.8. The maximum Gasteiger partial charge on any atom is 0.317 e. The lowest BCUT2D eigenvalue weighted by Crippen LogP contribution is -1.97. The average Bonchev–Trinajstić information content (AvgIpc) is 2.24. The Morgan fingerprint density at radius 3 is 2.93 bits per heavy atom. The van der Waals surface area contributed by atoms with Crippen LogP contribution in [0.4, 0.5) is 0 Å². The molecule has 3 nitrogen and oxygen atoms in total. The quantitative estimate of drug-likeness (QED) is 0.558.